The van der Waals surface area contributed by atoms with Gasteiger partial charge in [0.15, 0.2) is 0 Å². The lowest BCUT2D eigenvalue weighted by Crippen LogP contribution is -2.29. The van der Waals surface area contributed by atoms with Crippen LogP contribution in [-0.2, 0) is 0 Å². The quantitative estimate of drug-likeness (QED) is 0.917. The summed E-state index contributed by atoms with van der Waals surface area (Å²) >= 11 is 0. The van der Waals surface area contributed by atoms with E-state index in [1.54, 1.807) is 0 Å². The van der Waals surface area contributed by atoms with Gasteiger partial charge in [0.05, 0.1) is 0 Å². The van der Waals surface area contributed by atoms with Crippen molar-refractivity contribution in [2.75, 3.05) is 41.7 Å². The van der Waals surface area contributed by atoms with Crippen LogP contribution in [0.4, 0.5) is 17.8 Å². The summed E-state index contributed by atoms with van der Waals surface area (Å²) in [6.45, 7) is 14.8. The zero-order chi connectivity index (χ0) is 15.6. The lowest BCUT2D eigenvalue weighted by Gasteiger charge is -2.27. The summed E-state index contributed by atoms with van der Waals surface area (Å²) in [5.41, 5.74) is 6.19. The molecule has 1 aromatic rings. The predicted molar refractivity (Wildman–Crippen MR) is 87.6 cm³/mol. The van der Waals surface area contributed by atoms with Crippen LogP contribution in [0.25, 0.3) is 0 Å². The van der Waals surface area contributed by atoms with Gasteiger partial charge in [-0.05, 0) is 31.6 Å². The molecule has 1 fully saturated rings. The number of nitrogen functional groups attached to an aromatic ring is 1. The maximum atomic E-state index is 5.88. The molecule has 1 aliphatic rings. The maximum Gasteiger partial charge on any atom is 0.231 e. The van der Waals surface area contributed by atoms with Crippen molar-refractivity contribution in [3.8, 4) is 0 Å². The van der Waals surface area contributed by atoms with Crippen LogP contribution in [0.15, 0.2) is 0 Å². The molecule has 0 bridgehead atoms. The molecule has 6 heteroatoms. The summed E-state index contributed by atoms with van der Waals surface area (Å²) in [4.78, 5) is 17.6. The Balaban J connectivity index is 2.21. The van der Waals surface area contributed by atoms with Crippen LogP contribution >= 0.6 is 0 Å². The second-order valence-corrected chi connectivity index (χ2v) is 6.76. The van der Waals surface area contributed by atoms with Crippen LogP contribution in [0.2, 0.25) is 0 Å². The SMILES string of the molecule is CCN(CC)c1nc(N)nc(N2CCC(C(C)(C)C)C2)n1. The first-order valence-corrected chi connectivity index (χ1v) is 7.86. The van der Waals surface area contributed by atoms with Crippen LogP contribution in [0.1, 0.15) is 41.0 Å². The molecule has 118 valence electrons. The number of anilines is 3. The molecule has 0 aliphatic carbocycles. The standard InChI is InChI=1S/C15H28N6/c1-6-20(7-2)13-17-12(16)18-14(19-13)21-9-8-11(10-21)15(3,4)5/h11H,6-10H2,1-5H3,(H2,16,17,18,19). The van der Waals surface area contributed by atoms with E-state index in [-0.39, 0.29) is 0 Å². The van der Waals surface area contributed by atoms with Gasteiger partial charge in [0.25, 0.3) is 0 Å². The summed E-state index contributed by atoms with van der Waals surface area (Å²) in [5, 5.41) is 0. The van der Waals surface area contributed by atoms with E-state index in [9.17, 15) is 0 Å². The number of hydrogen-bond donors (Lipinski definition) is 1. The van der Waals surface area contributed by atoms with Crippen LogP contribution in [0, 0.1) is 11.3 Å². The highest BCUT2D eigenvalue weighted by molar-refractivity contribution is 5.44. The Morgan fingerprint density at radius 2 is 1.86 bits per heavy atom. The first-order chi connectivity index (χ1) is 9.85. The minimum Gasteiger partial charge on any atom is -0.368 e. The van der Waals surface area contributed by atoms with Crippen molar-refractivity contribution in [2.45, 2.75) is 41.0 Å². The summed E-state index contributed by atoms with van der Waals surface area (Å²) in [7, 11) is 0. The minimum absolute atomic E-state index is 0.307. The highest BCUT2D eigenvalue weighted by Crippen LogP contribution is 2.35. The molecular weight excluding hydrogens is 264 g/mol. The van der Waals surface area contributed by atoms with Crippen LogP contribution in [0.5, 0.6) is 0 Å². The average molecular weight is 292 g/mol. The van der Waals surface area contributed by atoms with Gasteiger partial charge < -0.3 is 15.5 Å². The van der Waals surface area contributed by atoms with Gasteiger partial charge in [0, 0.05) is 26.2 Å². The highest BCUT2D eigenvalue weighted by atomic mass is 15.4. The van der Waals surface area contributed by atoms with E-state index >= 15 is 0 Å². The molecule has 1 aromatic heterocycles. The van der Waals surface area contributed by atoms with Crippen molar-refractivity contribution in [2.24, 2.45) is 11.3 Å². The fourth-order valence-corrected chi connectivity index (χ4v) is 2.81. The summed E-state index contributed by atoms with van der Waals surface area (Å²) in [6.07, 6.45) is 1.18. The van der Waals surface area contributed by atoms with E-state index in [0.29, 0.717) is 23.2 Å². The number of nitrogens with zero attached hydrogens (tertiary/aromatic N) is 5. The number of aromatic nitrogens is 3. The van der Waals surface area contributed by atoms with E-state index in [4.69, 9.17) is 5.73 Å². The first kappa shape index (κ1) is 15.8. The average Bonchev–Trinajstić information content (AvgIpc) is 2.89. The molecule has 0 amide bonds. The lowest BCUT2D eigenvalue weighted by molar-refractivity contribution is 0.263. The molecule has 0 saturated carbocycles. The Kier molecular flexibility index (Phi) is 4.54. The van der Waals surface area contributed by atoms with E-state index in [1.807, 2.05) is 0 Å². The second kappa shape index (κ2) is 6.03. The molecule has 6 nitrogen and oxygen atoms in total. The van der Waals surface area contributed by atoms with Gasteiger partial charge in [-0.15, -0.1) is 0 Å². The van der Waals surface area contributed by atoms with E-state index in [1.165, 1.54) is 6.42 Å². The Hall–Kier alpha value is -1.59. The molecule has 1 saturated heterocycles. The molecule has 2 rings (SSSR count). The Labute approximate surface area is 127 Å². The lowest BCUT2D eigenvalue weighted by atomic mass is 9.80. The van der Waals surface area contributed by atoms with Crippen molar-refractivity contribution in [1.29, 1.82) is 0 Å². The molecule has 0 radical (unpaired) electrons. The molecule has 1 atom stereocenters. The Bertz CT molecular complexity index is 478. The van der Waals surface area contributed by atoms with Crippen LogP contribution in [-0.4, -0.2) is 41.1 Å². The van der Waals surface area contributed by atoms with Crippen molar-refractivity contribution < 1.29 is 0 Å². The molecule has 2 heterocycles. The van der Waals surface area contributed by atoms with Gasteiger partial charge in [-0.3, -0.25) is 0 Å². The maximum absolute atomic E-state index is 5.88. The normalized spacial score (nSPS) is 19.1. The third-order valence-electron chi connectivity index (χ3n) is 4.37. The molecule has 0 aromatic carbocycles. The number of hydrogen-bond acceptors (Lipinski definition) is 6. The van der Waals surface area contributed by atoms with Crippen LogP contribution < -0.4 is 15.5 Å². The fourth-order valence-electron chi connectivity index (χ4n) is 2.81. The molecule has 1 unspecified atom stereocenters. The second-order valence-electron chi connectivity index (χ2n) is 6.76. The largest absolute Gasteiger partial charge is 0.368 e. The Morgan fingerprint density at radius 1 is 1.19 bits per heavy atom. The smallest absolute Gasteiger partial charge is 0.231 e. The van der Waals surface area contributed by atoms with Crippen LogP contribution in [0.3, 0.4) is 0 Å². The third kappa shape index (κ3) is 3.54. The topological polar surface area (TPSA) is 71.2 Å². The van der Waals surface area contributed by atoms with Gasteiger partial charge in [-0.2, -0.15) is 15.0 Å². The fraction of sp³-hybridized carbons (Fsp3) is 0.800. The van der Waals surface area contributed by atoms with Crippen molar-refractivity contribution in [3.63, 3.8) is 0 Å². The van der Waals surface area contributed by atoms with Gasteiger partial charge >= 0.3 is 0 Å². The van der Waals surface area contributed by atoms with Crippen molar-refractivity contribution in [3.05, 3.63) is 0 Å². The highest BCUT2D eigenvalue weighted by Gasteiger charge is 2.33. The van der Waals surface area contributed by atoms with E-state index < -0.39 is 0 Å². The van der Waals surface area contributed by atoms with Gasteiger partial charge in [0.1, 0.15) is 0 Å². The predicted octanol–water partition coefficient (Wildman–Crippen LogP) is 2.17. The molecule has 21 heavy (non-hydrogen) atoms. The first-order valence-electron chi connectivity index (χ1n) is 7.86. The Morgan fingerprint density at radius 3 is 2.38 bits per heavy atom. The van der Waals surface area contributed by atoms with Crippen molar-refractivity contribution in [1.82, 2.24) is 15.0 Å². The number of rotatable bonds is 4. The molecule has 1 aliphatic heterocycles. The van der Waals surface area contributed by atoms with Gasteiger partial charge in [-0.1, -0.05) is 20.8 Å². The third-order valence-corrected chi connectivity index (χ3v) is 4.37. The van der Waals surface area contributed by atoms with Crippen molar-refractivity contribution >= 4 is 17.8 Å². The molecule has 0 spiro atoms. The zero-order valence-electron chi connectivity index (χ0n) is 13.9. The molecule has 2 N–H and O–H groups in total. The monoisotopic (exact) mass is 292 g/mol. The minimum atomic E-state index is 0.307. The van der Waals surface area contributed by atoms with E-state index in [0.717, 1.165) is 32.1 Å². The zero-order valence-corrected chi connectivity index (χ0v) is 13.9. The summed E-state index contributed by atoms with van der Waals surface area (Å²) in [6, 6.07) is 0. The summed E-state index contributed by atoms with van der Waals surface area (Å²) < 4.78 is 0. The van der Waals surface area contributed by atoms with Gasteiger partial charge in [-0.25, -0.2) is 0 Å². The van der Waals surface area contributed by atoms with E-state index in [2.05, 4.69) is 59.4 Å². The molecular formula is C15H28N6. The summed E-state index contributed by atoms with van der Waals surface area (Å²) in [5.74, 6) is 2.37. The van der Waals surface area contributed by atoms with Gasteiger partial charge in [0.2, 0.25) is 17.8 Å². The number of nitrogens with two attached hydrogens (primary N) is 1.